The third-order valence-electron chi connectivity index (χ3n) is 7.70. The number of aromatic hydroxyl groups is 1. The molecule has 1 amide bonds. The largest absolute Gasteiger partial charge is 0.507 e. The number of phenols is 1. The van der Waals surface area contributed by atoms with Gasteiger partial charge in [-0.15, -0.1) is 0 Å². The van der Waals surface area contributed by atoms with Crippen molar-refractivity contribution in [2.75, 3.05) is 13.7 Å². The van der Waals surface area contributed by atoms with E-state index in [-0.39, 0.29) is 17.1 Å². The summed E-state index contributed by atoms with van der Waals surface area (Å²) in [7, 11) is 1.67. The molecule has 1 aromatic carbocycles. The molecule has 0 aliphatic heterocycles. The first kappa shape index (κ1) is 18.8. The number of amides is 1. The predicted molar refractivity (Wildman–Crippen MR) is 113 cm³/mol. The number of hydrogen-bond acceptors (Lipinski definition) is 3. The average molecular weight is 394 g/mol. The van der Waals surface area contributed by atoms with E-state index in [1.54, 1.807) is 13.2 Å². The molecule has 2 N–H and O–H groups in total. The maximum Gasteiger partial charge on any atom is 0.255 e. The summed E-state index contributed by atoms with van der Waals surface area (Å²) < 4.78 is 5.70. The molecule has 5 aliphatic rings. The summed E-state index contributed by atoms with van der Waals surface area (Å²) in [5, 5.41) is 13.6. The minimum absolute atomic E-state index is 0.000921. The summed E-state index contributed by atoms with van der Waals surface area (Å²) in [5.41, 5.74) is 2.74. The molecule has 4 heteroatoms. The van der Waals surface area contributed by atoms with Crippen LogP contribution in [0.2, 0.25) is 0 Å². The third kappa shape index (κ3) is 3.37. The Morgan fingerprint density at radius 3 is 2.41 bits per heavy atom. The standard InChI is InChI=1S/C25H31NO3/c1-29-23-11-22(27)20(24(28)26-15-16-5-3-2-4-6-16)10-21(23)25-12-17-7-18(13-25)9-19(8-17)14-25/h3,5-6,10-11,17-19,27H,2,4,7-9,12-15H2,1H3,(H,26,28). The Morgan fingerprint density at radius 1 is 1.14 bits per heavy atom. The lowest BCUT2D eigenvalue weighted by Crippen LogP contribution is -2.48. The van der Waals surface area contributed by atoms with Crippen molar-refractivity contribution >= 4 is 5.91 Å². The number of phenolic OH excluding ortho intramolecular Hbond substituents is 1. The lowest BCUT2D eigenvalue weighted by molar-refractivity contribution is -0.00619. The molecule has 0 unspecified atom stereocenters. The molecular formula is C25H31NO3. The van der Waals surface area contributed by atoms with Gasteiger partial charge < -0.3 is 15.2 Å². The van der Waals surface area contributed by atoms with Crippen molar-refractivity contribution in [3.63, 3.8) is 0 Å². The van der Waals surface area contributed by atoms with Crippen LogP contribution in [0.5, 0.6) is 11.5 Å². The molecule has 0 heterocycles. The van der Waals surface area contributed by atoms with E-state index in [1.807, 2.05) is 6.07 Å². The Morgan fingerprint density at radius 2 is 1.83 bits per heavy atom. The molecule has 4 saturated carbocycles. The van der Waals surface area contributed by atoms with Crippen LogP contribution >= 0.6 is 0 Å². The summed E-state index contributed by atoms with van der Waals surface area (Å²) >= 11 is 0. The number of hydrogen-bond donors (Lipinski definition) is 2. The number of benzene rings is 1. The van der Waals surface area contributed by atoms with Gasteiger partial charge in [-0.3, -0.25) is 4.79 Å². The molecule has 5 aliphatic carbocycles. The smallest absolute Gasteiger partial charge is 0.255 e. The van der Waals surface area contributed by atoms with Gasteiger partial charge in [0, 0.05) is 18.2 Å². The number of allylic oxidation sites excluding steroid dienone is 2. The van der Waals surface area contributed by atoms with Crippen LogP contribution in [0.15, 0.2) is 35.9 Å². The molecule has 0 spiro atoms. The van der Waals surface area contributed by atoms with Gasteiger partial charge in [0.25, 0.3) is 5.91 Å². The summed E-state index contributed by atoms with van der Waals surface area (Å²) in [6.45, 7) is 0.494. The van der Waals surface area contributed by atoms with E-state index >= 15 is 0 Å². The lowest BCUT2D eigenvalue weighted by Gasteiger charge is -2.57. The lowest BCUT2D eigenvalue weighted by atomic mass is 9.48. The minimum Gasteiger partial charge on any atom is -0.507 e. The zero-order chi connectivity index (χ0) is 20.0. The third-order valence-corrected chi connectivity index (χ3v) is 7.70. The summed E-state index contributed by atoms with van der Waals surface area (Å²) in [6.07, 6.45) is 16.1. The fourth-order valence-electron chi connectivity index (χ4n) is 6.85. The highest BCUT2D eigenvalue weighted by Gasteiger charge is 2.52. The molecule has 0 saturated heterocycles. The Hall–Kier alpha value is -2.23. The Labute approximate surface area is 173 Å². The molecule has 0 radical (unpaired) electrons. The Balaban J connectivity index is 1.44. The van der Waals surface area contributed by atoms with Crippen molar-refractivity contribution in [1.82, 2.24) is 5.32 Å². The number of methoxy groups -OCH3 is 1. The Kier molecular flexibility index (Phi) is 4.68. The zero-order valence-electron chi connectivity index (χ0n) is 17.2. The first-order chi connectivity index (χ1) is 14.1. The first-order valence-electron chi connectivity index (χ1n) is 11.1. The van der Waals surface area contributed by atoms with E-state index in [0.29, 0.717) is 12.1 Å². The summed E-state index contributed by atoms with van der Waals surface area (Å²) in [4.78, 5) is 12.9. The topological polar surface area (TPSA) is 58.6 Å². The van der Waals surface area contributed by atoms with Gasteiger partial charge >= 0.3 is 0 Å². The van der Waals surface area contributed by atoms with Gasteiger partial charge in [0.2, 0.25) is 0 Å². The van der Waals surface area contributed by atoms with Gasteiger partial charge in [0.05, 0.1) is 12.7 Å². The van der Waals surface area contributed by atoms with E-state index in [2.05, 4.69) is 23.5 Å². The van der Waals surface area contributed by atoms with E-state index in [1.165, 1.54) is 38.5 Å². The number of carbonyl (C=O) groups is 1. The number of ether oxygens (including phenoxy) is 1. The number of carbonyl (C=O) groups excluding carboxylic acids is 1. The minimum atomic E-state index is -0.212. The van der Waals surface area contributed by atoms with Crippen LogP contribution < -0.4 is 10.1 Å². The second kappa shape index (κ2) is 7.23. The van der Waals surface area contributed by atoms with Crippen LogP contribution in [0.4, 0.5) is 0 Å². The van der Waals surface area contributed by atoms with Gasteiger partial charge in [0.15, 0.2) is 0 Å². The van der Waals surface area contributed by atoms with Crippen LogP contribution in [-0.4, -0.2) is 24.7 Å². The molecule has 4 fully saturated rings. The highest BCUT2D eigenvalue weighted by molar-refractivity contribution is 5.97. The van der Waals surface area contributed by atoms with Crippen molar-refractivity contribution in [3.8, 4) is 11.5 Å². The van der Waals surface area contributed by atoms with Crippen LogP contribution in [-0.2, 0) is 5.41 Å². The fraction of sp³-hybridized carbons (Fsp3) is 0.560. The number of nitrogens with one attached hydrogen (secondary N) is 1. The van der Waals surface area contributed by atoms with Gasteiger partial charge in [-0.05, 0) is 86.2 Å². The molecule has 4 bridgehead atoms. The highest BCUT2D eigenvalue weighted by atomic mass is 16.5. The highest BCUT2D eigenvalue weighted by Crippen LogP contribution is 2.62. The summed E-state index contributed by atoms with van der Waals surface area (Å²) in [5.74, 6) is 2.95. The van der Waals surface area contributed by atoms with Crippen molar-refractivity contribution in [2.24, 2.45) is 17.8 Å². The second-order valence-corrected chi connectivity index (χ2v) is 9.71. The molecule has 29 heavy (non-hydrogen) atoms. The molecule has 154 valence electrons. The van der Waals surface area contributed by atoms with E-state index in [0.717, 1.165) is 47.5 Å². The fourth-order valence-corrected chi connectivity index (χ4v) is 6.85. The molecule has 4 nitrogen and oxygen atoms in total. The van der Waals surface area contributed by atoms with Crippen molar-refractivity contribution in [2.45, 2.75) is 56.8 Å². The maximum absolute atomic E-state index is 12.9. The monoisotopic (exact) mass is 393 g/mol. The van der Waals surface area contributed by atoms with Crippen LogP contribution in [0.1, 0.15) is 67.3 Å². The van der Waals surface area contributed by atoms with Crippen LogP contribution in [0, 0.1) is 17.8 Å². The molecule has 6 rings (SSSR count). The normalized spacial score (nSPS) is 32.2. The van der Waals surface area contributed by atoms with Crippen LogP contribution in [0.25, 0.3) is 0 Å². The van der Waals surface area contributed by atoms with E-state index in [4.69, 9.17) is 4.74 Å². The van der Waals surface area contributed by atoms with Crippen molar-refractivity contribution in [3.05, 3.63) is 47.1 Å². The first-order valence-corrected chi connectivity index (χ1v) is 11.1. The van der Waals surface area contributed by atoms with Gasteiger partial charge in [0.1, 0.15) is 11.5 Å². The van der Waals surface area contributed by atoms with Crippen molar-refractivity contribution in [1.29, 1.82) is 0 Å². The van der Waals surface area contributed by atoms with E-state index in [9.17, 15) is 9.90 Å². The summed E-state index contributed by atoms with van der Waals surface area (Å²) in [6, 6.07) is 3.59. The van der Waals surface area contributed by atoms with Gasteiger partial charge in [-0.1, -0.05) is 18.2 Å². The molecule has 0 aromatic heterocycles. The van der Waals surface area contributed by atoms with Crippen LogP contribution in [0.3, 0.4) is 0 Å². The second-order valence-electron chi connectivity index (χ2n) is 9.71. The average Bonchev–Trinajstić information content (AvgIpc) is 2.71. The Bertz CT molecular complexity index is 847. The number of rotatable bonds is 5. The van der Waals surface area contributed by atoms with Crippen molar-refractivity contribution < 1.29 is 14.6 Å². The molecule has 0 atom stereocenters. The molecular weight excluding hydrogens is 362 g/mol. The molecule has 1 aromatic rings. The SMILES string of the molecule is COc1cc(O)c(C(=O)NCC2=CCCC=C2)cc1C12CC3CC(CC(C3)C1)C2. The van der Waals surface area contributed by atoms with Gasteiger partial charge in [-0.25, -0.2) is 0 Å². The maximum atomic E-state index is 12.9. The predicted octanol–water partition coefficient (Wildman–Crippen LogP) is 4.87. The zero-order valence-corrected chi connectivity index (χ0v) is 17.2. The van der Waals surface area contributed by atoms with Gasteiger partial charge in [-0.2, -0.15) is 0 Å². The van der Waals surface area contributed by atoms with E-state index < -0.39 is 0 Å². The quantitative estimate of drug-likeness (QED) is 0.750.